The van der Waals surface area contributed by atoms with Crippen LogP contribution in [0.5, 0.6) is 0 Å². The highest BCUT2D eigenvalue weighted by Gasteiger charge is 2.73. The number of nitrogens with two attached hydrogens (primary N) is 2. The molecule has 15 aliphatic heterocycles. The van der Waals surface area contributed by atoms with Crippen molar-refractivity contribution in [2.24, 2.45) is 17.4 Å². The van der Waals surface area contributed by atoms with Crippen molar-refractivity contribution < 1.29 is 101 Å². The van der Waals surface area contributed by atoms with E-state index in [-0.39, 0.29) is 98.5 Å². The zero-order valence-corrected chi connectivity index (χ0v) is 47.7. The Bertz CT molecular complexity index is 2430. The van der Waals surface area contributed by atoms with Crippen LogP contribution in [0.2, 0.25) is 0 Å². The van der Waals surface area contributed by atoms with E-state index in [1.807, 2.05) is 0 Å². The maximum absolute atomic E-state index is 14.4. The molecule has 0 aromatic carbocycles. The molecule has 81 heavy (non-hydrogen) atoms. The van der Waals surface area contributed by atoms with E-state index in [0.717, 1.165) is 11.1 Å². The zero-order chi connectivity index (χ0) is 55.6. The van der Waals surface area contributed by atoms with Gasteiger partial charge in [-0.1, -0.05) is 35.7 Å². The second kappa shape index (κ2) is 21.0. The van der Waals surface area contributed by atoms with Crippen LogP contribution < -0.4 is 11.5 Å². The van der Waals surface area contributed by atoms with Gasteiger partial charge in [-0.25, -0.2) is 0 Å². The van der Waals surface area contributed by atoms with Gasteiger partial charge >= 0.3 is 5.97 Å². The number of alkyl halides is 1. The molecule has 0 amide bonds. The number of aliphatic hydroxyl groups excluding tert-OH is 3. The molecule has 0 aromatic rings. The molecule has 3 spiro atoms. The average Bonchev–Trinajstić information content (AvgIpc) is 3.01. The van der Waals surface area contributed by atoms with E-state index in [4.69, 9.17) is 82.5 Å². The number of rotatable bonds is 2. The van der Waals surface area contributed by atoms with E-state index in [1.54, 1.807) is 0 Å². The minimum absolute atomic E-state index is 0.0568. The van der Waals surface area contributed by atoms with Crippen LogP contribution >= 0.6 is 22.6 Å². The first kappa shape index (κ1) is 56.4. The fraction of sp³-hybridized carbons (Fsp3) is 0.912. The van der Waals surface area contributed by atoms with Crippen molar-refractivity contribution in [1.82, 2.24) is 0 Å². The van der Waals surface area contributed by atoms with Crippen LogP contribution in [0.4, 0.5) is 0 Å². The summed E-state index contributed by atoms with van der Waals surface area (Å²) in [7, 11) is 0. The Kier molecular flexibility index (Phi) is 14.6. The number of aliphatic hydroxyl groups is 5. The summed E-state index contributed by atoms with van der Waals surface area (Å²) in [5.41, 5.74) is 15.4. The van der Waals surface area contributed by atoms with Crippen LogP contribution in [-0.4, -0.2) is 230 Å². The molecule has 452 valence electrons. The lowest BCUT2D eigenvalue weighted by Crippen LogP contribution is -2.68. The summed E-state index contributed by atoms with van der Waals surface area (Å²) in [6, 6.07) is -0.723. The monoisotopic (exact) mass is 1260 g/mol. The van der Waals surface area contributed by atoms with Gasteiger partial charge in [-0.3, -0.25) is 4.79 Å². The van der Waals surface area contributed by atoms with Gasteiger partial charge in [0.1, 0.15) is 30.5 Å². The van der Waals surface area contributed by atoms with Crippen molar-refractivity contribution in [3.8, 4) is 0 Å². The molecule has 0 saturated carbocycles. The summed E-state index contributed by atoms with van der Waals surface area (Å²) in [4.78, 5) is 14.4. The Labute approximate surface area is 483 Å². The van der Waals surface area contributed by atoms with Crippen LogP contribution in [0.15, 0.2) is 24.3 Å². The minimum Gasteiger partial charge on any atom is -0.459 e. The van der Waals surface area contributed by atoms with E-state index in [1.165, 1.54) is 0 Å². The lowest BCUT2D eigenvalue weighted by Gasteiger charge is -2.53. The van der Waals surface area contributed by atoms with E-state index in [9.17, 15) is 30.3 Å². The van der Waals surface area contributed by atoms with Crippen molar-refractivity contribution in [3.05, 3.63) is 24.3 Å². The Morgan fingerprint density at radius 2 is 1.31 bits per heavy atom. The number of halogens is 1. The van der Waals surface area contributed by atoms with Gasteiger partial charge in [0.25, 0.3) is 0 Å². The first-order valence-electron chi connectivity index (χ1n) is 30.2. The van der Waals surface area contributed by atoms with Crippen molar-refractivity contribution >= 4 is 28.6 Å². The molecular weight excluding hydrogens is 1180 g/mol. The molecule has 0 aromatic heterocycles. The van der Waals surface area contributed by atoms with E-state index < -0.39 is 118 Å². The number of fused-ring (bicyclic) bond motifs is 14. The lowest BCUT2D eigenvalue weighted by atomic mass is 9.82. The number of ether oxygens (including phenoxy) is 15. The number of hydrogen-bond donors (Lipinski definition) is 7. The third-order valence-electron chi connectivity index (χ3n) is 21.4. The summed E-state index contributed by atoms with van der Waals surface area (Å²) in [6.45, 7) is 8.74. The highest BCUT2D eigenvalue weighted by molar-refractivity contribution is 14.1. The molecule has 23 nitrogen and oxygen atoms in total. The molecule has 0 radical (unpaired) electrons. The van der Waals surface area contributed by atoms with Crippen molar-refractivity contribution in [3.63, 3.8) is 0 Å². The van der Waals surface area contributed by atoms with Crippen LogP contribution in [0, 0.1) is 5.92 Å². The van der Waals surface area contributed by atoms with Crippen molar-refractivity contribution in [1.29, 1.82) is 0 Å². The van der Waals surface area contributed by atoms with Gasteiger partial charge in [0.15, 0.2) is 17.7 Å². The summed E-state index contributed by atoms with van der Waals surface area (Å²) in [5.74, 6) is -7.14. The SMILES string of the molecule is C=C1C[C@@H]2CC[C@]34OC([C@@H]5O[C@H]6CC[C@H](CC(=O)O[C@@H]7CC8OC9C[C@]%10(C[C@@H]%11O[C@@]%12(CC[C@@H]%11O%10)C[C@H](N)[C@@H]%10O[C@@H]%11[C@@H]([C@@H](O)CO)CO[C@@H]%11C[C@@H]%10O%12)O[C@@H]9C[C@@H]8O[C@H]7C[C@H]7O[C@@H](CC[C@@H]1O2)C[C@@H](N)C7=C)O[C@@H]6[C@H](O3)[C@@H]5I)C(O)(O)[C@H]4O. The predicted octanol–water partition coefficient (Wildman–Crippen LogP) is 0.768. The highest BCUT2D eigenvalue weighted by Crippen LogP contribution is 2.56. The Hall–Kier alpha value is -1.16. The van der Waals surface area contributed by atoms with Crippen LogP contribution in [0.3, 0.4) is 0 Å². The van der Waals surface area contributed by atoms with E-state index in [0.29, 0.717) is 109 Å². The Morgan fingerprint density at radius 1 is 0.593 bits per heavy atom. The summed E-state index contributed by atoms with van der Waals surface area (Å²) >= 11 is 2.20. The summed E-state index contributed by atoms with van der Waals surface area (Å²) in [5, 5.41) is 54.7. The molecule has 3 unspecified atom stereocenters. The zero-order valence-electron chi connectivity index (χ0n) is 45.5. The standard InChI is InChI=1S/C57H81IN2O21/c1-23-11-27-7-10-56-53(64)57(65,66)52(81-56)51-46(58)50(80-56)49-34(74-51)6-4-26(70-49)13-45(63)73-39-15-37-38(71-36(39)14-35-24(2)29(59)12-25(69-35)3-5-32(23)68-27)16-40-43(72-37)19-55(77-40)20-44-33(76-55)8-9-54(79-44)18-30(60)48-42(78-54)17-41-47(75-48)28(22-67-41)31(62)21-61/h25-44,46-53,61-62,64-66H,1-22,59-60H2/t25-,26+,27-,28+,29+,30-,31-,32-,33-,34-,35+,36-,37?,38-,39+,40+,41+,42-,43?,44-,46-,47+,48-,49-,50+,51+,52?,53-,54-,55+,56+/m0/s1. The highest BCUT2D eigenvalue weighted by atomic mass is 127. The lowest BCUT2D eigenvalue weighted by molar-refractivity contribution is -0.356. The normalized spacial score (nSPS) is 56.8. The van der Waals surface area contributed by atoms with Gasteiger partial charge < -0.3 is 108 Å². The van der Waals surface area contributed by atoms with Gasteiger partial charge in [-0.2, -0.15) is 0 Å². The first-order chi connectivity index (χ1) is 38.8. The molecule has 0 aliphatic carbocycles. The molecule has 15 rings (SSSR count). The van der Waals surface area contributed by atoms with Crippen LogP contribution in [0.1, 0.15) is 116 Å². The quantitative estimate of drug-likeness (QED) is 0.0660. The molecule has 15 aliphatic rings. The third kappa shape index (κ3) is 9.72. The molecule has 31 atom stereocenters. The van der Waals surface area contributed by atoms with Crippen LogP contribution in [-0.2, 0) is 75.8 Å². The van der Waals surface area contributed by atoms with E-state index in [2.05, 4.69) is 35.7 Å². The van der Waals surface area contributed by atoms with Gasteiger partial charge in [0, 0.05) is 75.8 Å². The van der Waals surface area contributed by atoms with Gasteiger partial charge in [0.05, 0.1) is 133 Å². The van der Waals surface area contributed by atoms with Gasteiger partial charge in [0.2, 0.25) is 11.6 Å². The molecule has 15 fully saturated rings. The molecule has 10 bridgehead atoms. The number of hydrogen-bond acceptors (Lipinski definition) is 23. The maximum Gasteiger partial charge on any atom is 0.308 e. The van der Waals surface area contributed by atoms with Crippen molar-refractivity contribution in [2.45, 2.75) is 301 Å². The van der Waals surface area contributed by atoms with E-state index >= 15 is 0 Å². The summed E-state index contributed by atoms with van der Waals surface area (Å²) < 4.78 is 100. The first-order valence-corrected chi connectivity index (χ1v) is 31.5. The van der Waals surface area contributed by atoms with Gasteiger partial charge in [-0.05, 0) is 62.5 Å². The molecule has 15 heterocycles. The largest absolute Gasteiger partial charge is 0.459 e. The Morgan fingerprint density at radius 3 is 2.15 bits per heavy atom. The molecule has 9 N–H and O–H groups in total. The number of carbonyl (C=O) groups is 1. The maximum atomic E-state index is 14.4. The van der Waals surface area contributed by atoms with Crippen molar-refractivity contribution in [2.75, 3.05) is 13.2 Å². The van der Waals surface area contributed by atoms with Crippen LogP contribution in [0.25, 0.3) is 0 Å². The number of esters is 1. The summed E-state index contributed by atoms with van der Waals surface area (Å²) in [6.07, 6.45) is -5.08. The smallest absolute Gasteiger partial charge is 0.308 e. The Balaban J connectivity index is 0.645. The average molecular weight is 1260 g/mol. The molecular formula is C57H81IN2O21. The second-order valence-corrected chi connectivity index (χ2v) is 28.0. The number of carbonyl (C=O) groups excluding carboxylic acids is 1. The topological polar surface area (TPSA) is 309 Å². The van der Waals surface area contributed by atoms with Gasteiger partial charge in [-0.15, -0.1) is 0 Å². The predicted molar refractivity (Wildman–Crippen MR) is 283 cm³/mol. The molecule has 15 saturated heterocycles. The minimum atomic E-state index is -2.65. The fourth-order valence-corrected chi connectivity index (χ4v) is 18.4. The third-order valence-corrected chi connectivity index (χ3v) is 22.8. The molecule has 24 heteroatoms. The second-order valence-electron chi connectivity index (χ2n) is 26.6. The fourth-order valence-electron chi connectivity index (χ4n) is 17.3.